The summed E-state index contributed by atoms with van der Waals surface area (Å²) < 4.78 is 2.15. The van der Waals surface area contributed by atoms with Crippen LogP contribution in [0.3, 0.4) is 0 Å². The van der Waals surface area contributed by atoms with Crippen LogP contribution in [0.4, 0.5) is 0 Å². The molecule has 1 heterocycles. The second-order valence-electron chi connectivity index (χ2n) is 7.88. The van der Waals surface area contributed by atoms with Crippen molar-refractivity contribution < 1.29 is 0 Å². The van der Waals surface area contributed by atoms with Gasteiger partial charge in [-0.1, -0.05) is 63.9 Å². The number of nitrogens with one attached hydrogen (secondary N) is 1. The molecule has 1 aromatic heterocycles. The molecule has 2 aliphatic carbocycles. The van der Waals surface area contributed by atoms with Crippen LogP contribution in [0.25, 0.3) is 0 Å². The first-order valence-electron chi connectivity index (χ1n) is 10.5. The van der Waals surface area contributed by atoms with Crippen LogP contribution >= 0.6 is 0 Å². The first-order chi connectivity index (χ1) is 12.4. The normalized spacial score (nSPS) is 19.8. The van der Waals surface area contributed by atoms with Gasteiger partial charge in [0.15, 0.2) is 0 Å². The maximum atomic E-state index is 4.32. The molecule has 25 heavy (non-hydrogen) atoms. The molecule has 2 saturated carbocycles. The van der Waals surface area contributed by atoms with Crippen molar-refractivity contribution >= 4 is 0 Å². The number of hydrogen-bond donors (Lipinski definition) is 1. The summed E-state index contributed by atoms with van der Waals surface area (Å²) in [5, 5.41) is 0. The van der Waals surface area contributed by atoms with E-state index in [0.29, 0.717) is 5.92 Å². The van der Waals surface area contributed by atoms with Crippen LogP contribution in [0, 0.1) is 5.92 Å². The van der Waals surface area contributed by atoms with Crippen molar-refractivity contribution in [1.29, 1.82) is 0 Å². The Morgan fingerprint density at radius 3 is 2.44 bits per heavy atom. The minimum atomic E-state index is 0.705. The van der Waals surface area contributed by atoms with Crippen LogP contribution < -0.4 is 5.43 Å². The summed E-state index contributed by atoms with van der Waals surface area (Å²) in [6.07, 6.45) is 24.8. The van der Waals surface area contributed by atoms with Crippen LogP contribution in [-0.2, 0) is 0 Å². The molecule has 3 rings (SSSR count). The summed E-state index contributed by atoms with van der Waals surface area (Å²) in [4.78, 5) is 4.32. The molecule has 2 fully saturated rings. The third-order valence-electron chi connectivity index (χ3n) is 5.96. The topological polar surface area (TPSA) is 29.9 Å². The highest BCUT2D eigenvalue weighted by Crippen LogP contribution is 2.31. The Morgan fingerprint density at radius 2 is 1.64 bits per heavy atom. The highest BCUT2D eigenvalue weighted by atomic mass is 15.4. The molecule has 2 aliphatic rings. The van der Waals surface area contributed by atoms with E-state index in [-0.39, 0.29) is 0 Å². The molecule has 0 radical (unpaired) electrons. The Labute approximate surface area is 153 Å². The first kappa shape index (κ1) is 18.3. The Kier molecular flexibility index (Phi) is 7.66. The van der Waals surface area contributed by atoms with Gasteiger partial charge in [0.2, 0.25) is 0 Å². The van der Waals surface area contributed by atoms with Gasteiger partial charge in [-0.2, -0.15) is 0 Å². The number of nitrogens with zero attached hydrogens (tertiary/aromatic N) is 2. The van der Waals surface area contributed by atoms with Crippen LogP contribution in [0.2, 0.25) is 0 Å². The van der Waals surface area contributed by atoms with E-state index in [9.17, 15) is 0 Å². The molecule has 138 valence electrons. The number of hydrogen-bond acceptors (Lipinski definition) is 2. The molecule has 1 aromatic rings. The molecule has 0 bridgehead atoms. The highest BCUT2D eigenvalue weighted by molar-refractivity contribution is 5.14. The van der Waals surface area contributed by atoms with E-state index in [2.05, 4.69) is 39.6 Å². The predicted molar refractivity (Wildman–Crippen MR) is 106 cm³/mol. The molecular formula is C22H35N3. The lowest BCUT2D eigenvalue weighted by Gasteiger charge is -2.22. The van der Waals surface area contributed by atoms with Crippen molar-refractivity contribution in [2.24, 2.45) is 5.92 Å². The van der Waals surface area contributed by atoms with Crippen molar-refractivity contribution in [2.75, 3.05) is 12.0 Å². The monoisotopic (exact) mass is 341 g/mol. The zero-order valence-electron chi connectivity index (χ0n) is 15.7. The quantitative estimate of drug-likeness (QED) is 0.670. The first-order valence-corrected chi connectivity index (χ1v) is 10.5. The number of aromatic nitrogens is 2. The van der Waals surface area contributed by atoms with Crippen LogP contribution in [0.1, 0.15) is 88.5 Å². The van der Waals surface area contributed by atoms with Crippen molar-refractivity contribution in [2.45, 2.75) is 83.0 Å². The lowest BCUT2D eigenvalue weighted by molar-refractivity contribution is 0.432. The smallest absolute Gasteiger partial charge is 0.0450 e. The molecule has 3 heteroatoms. The maximum Gasteiger partial charge on any atom is 0.0450 e. The zero-order valence-corrected chi connectivity index (χ0v) is 15.7. The standard InChI is InChI=1S/C22H35N3/c1-2-5-10-20(9-4-1)14-16-24-25-18-17-23-15-8-13-22(19-25)21-11-6-3-7-12-21/h8,13,15,17-21,24H,1-7,9-12,14,16H2. The van der Waals surface area contributed by atoms with Crippen molar-refractivity contribution in [1.82, 2.24) is 9.66 Å². The molecule has 0 saturated heterocycles. The third kappa shape index (κ3) is 6.37. The Bertz CT molecular complexity index is 536. The minimum absolute atomic E-state index is 0.705. The van der Waals surface area contributed by atoms with Gasteiger partial charge in [0.1, 0.15) is 0 Å². The fraction of sp³-hybridized carbons (Fsp3) is 0.682. The lowest BCUT2D eigenvalue weighted by atomic mass is 9.85. The molecule has 0 amide bonds. The fourth-order valence-corrected chi connectivity index (χ4v) is 4.44. The predicted octanol–water partition coefficient (Wildman–Crippen LogP) is 5.96. The molecule has 0 aromatic carbocycles. The lowest BCUT2D eigenvalue weighted by Crippen LogP contribution is -2.18. The van der Waals surface area contributed by atoms with Gasteiger partial charge in [-0.25, -0.2) is 0 Å². The zero-order chi connectivity index (χ0) is 17.2. The SMILES string of the molecule is c1cnccn(NCCC2CCCCCC2)cc(C2CCCCC2)c1. The second-order valence-corrected chi connectivity index (χ2v) is 7.88. The molecule has 1 N–H and O–H groups in total. The van der Waals surface area contributed by atoms with Crippen molar-refractivity contribution in [3.05, 3.63) is 42.5 Å². The molecule has 0 unspecified atom stereocenters. The summed E-state index contributed by atoms with van der Waals surface area (Å²) in [7, 11) is 0. The van der Waals surface area contributed by atoms with E-state index in [0.717, 1.165) is 12.5 Å². The summed E-state index contributed by atoms with van der Waals surface area (Å²) in [5.41, 5.74) is 5.06. The second kappa shape index (κ2) is 10.5. The Morgan fingerprint density at radius 1 is 0.920 bits per heavy atom. The van der Waals surface area contributed by atoms with Crippen molar-refractivity contribution in [3.8, 4) is 0 Å². The molecule has 0 atom stereocenters. The van der Waals surface area contributed by atoms with E-state index < -0.39 is 0 Å². The average Bonchev–Trinajstić information content (AvgIpc) is 2.85. The van der Waals surface area contributed by atoms with E-state index in [1.54, 1.807) is 0 Å². The van der Waals surface area contributed by atoms with Gasteiger partial charge in [0.05, 0.1) is 0 Å². The summed E-state index contributed by atoms with van der Waals surface area (Å²) in [6.45, 7) is 1.05. The summed E-state index contributed by atoms with van der Waals surface area (Å²) in [6, 6.07) is 4.34. The van der Waals surface area contributed by atoms with Gasteiger partial charge >= 0.3 is 0 Å². The van der Waals surface area contributed by atoms with E-state index in [1.165, 1.54) is 82.6 Å². The van der Waals surface area contributed by atoms with Crippen LogP contribution in [-0.4, -0.2) is 16.2 Å². The van der Waals surface area contributed by atoms with Gasteiger partial charge in [0, 0.05) is 31.3 Å². The van der Waals surface area contributed by atoms with Crippen molar-refractivity contribution in [3.63, 3.8) is 0 Å². The summed E-state index contributed by atoms with van der Waals surface area (Å²) in [5.74, 6) is 1.62. The molecule has 3 nitrogen and oxygen atoms in total. The van der Waals surface area contributed by atoms with Gasteiger partial charge in [-0.15, -0.1) is 0 Å². The van der Waals surface area contributed by atoms with E-state index in [4.69, 9.17) is 0 Å². The number of rotatable bonds is 5. The van der Waals surface area contributed by atoms with Gasteiger partial charge in [-0.3, -0.25) is 9.66 Å². The van der Waals surface area contributed by atoms with E-state index >= 15 is 0 Å². The van der Waals surface area contributed by atoms with Crippen LogP contribution in [0.5, 0.6) is 0 Å². The highest BCUT2D eigenvalue weighted by Gasteiger charge is 2.15. The van der Waals surface area contributed by atoms with Crippen LogP contribution in [0.15, 0.2) is 36.9 Å². The Hall–Kier alpha value is -1.51. The van der Waals surface area contributed by atoms with Gasteiger partial charge in [0.25, 0.3) is 0 Å². The maximum absolute atomic E-state index is 4.32. The van der Waals surface area contributed by atoms with Gasteiger partial charge in [-0.05, 0) is 42.7 Å². The van der Waals surface area contributed by atoms with Gasteiger partial charge < -0.3 is 5.43 Å². The molecule has 0 spiro atoms. The molecular weight excluding hydrogens is 306 g/mol. The largest absolute Gasteiger partial charge is 0.326 e. The van der Waals surface area contributed by atoms with E-state index in [1.807, 2.05) is 12.4 Å². The average molecular weight is 342 g/mol. The molecule has 0 aliphatic heterocycles. The summed E-state index contributed by atoms with van der Waals surface area (Å²) >= 11 is 0. The third-order valence-corrected chi connectivity index (χ3v) is 5.96. The Balaban J connectivity index is 1.63. The fourth-order valence-electron chi connectivity index (χ4n) is 4.44. The minimum Gasteiger partial charge on any atom is -0.326 e.